The smallest absolute Gasteiger partial charge is 0.281 e. The number of halogens is 8. The lowest BCUT2D eigenvalue weighted by molar-refractivity contribution is -0.459. The lowest BCUT2D eigenvalue weighted by atomic mass is 10.1. The molecule has 0 aliphatic rings. The molecule has 0 fully saturated rings. The second-order valence-electron chi connectivity index (χ2n) is 4.53. The van der Waals surface area contributed by atoms with E-state index in [1.165, 1.54) is 0 Å². The molecule has 1 rings (SSSR count). The van der Waals surface area contributed by atoms with E-state index >= 15 is 0 Å². The molecule has 0 atom stereocenters. The Hall–Kier alpha value is -1.73. The van der Waals surface area contributed by atoms with Gasteiger partial charge in [0.2, 0.25) is 0 Å². The van der Waals surface area contributed by atoms with Crippen molar-refractivity contribution in [1.29, 1.82) is 0 Å². The molecule has 142 valence electrons. The number of rotatable bonds is 7. The van der Waals surface area contributed by atoms with Crippen molar-refractivity contribution in [2.75, 3.05) is 0 Å². The summed E-state index contributed by atoms with van der Waals surface area (Å²) in [7, 11) is -6.95. The zero-order valence-corrected chi connectivity index (χ0v) is 12.5. The fourth-order valence-corrected chi connectivity index (χ4v) is 1.77. The third-order valence-electron chi connectivity index (χ3n) is 2.79. The highest BCUT2D eigenvalue weighted by Crippen LogP contribution is 2.50. The Morgan fingerprint density at radius 2 is 1.36 bits per heavy atom. The zero-order chi connectivity index (χ0) is 19.9. The monoisotopic (exact) mass is 400 g/mol. The predicted octanol–water partition coefficient (Wildman–Crippen LogP) is 4.10. The SMILES string of the molecule is C=Cc1ccc(C(F)(F)C(F)(F)OC(F)(F)C(F)(F)S(=O)(=O)O)cc1. The van der Waals surface area contributed by atoms with E-state index in [2.05, 4.69) is 11.3 Å². The number of hydrogen-bond acceptors (Lipinski definition) is 3. The fourth-order valence-electron chi connectivity index (χ4n) is 1.43. The summed E-state index contributed by atoms with van der Waals surface area (Å²) in [5, 5.41) is -6.60. The maximum absolute atomic E-state index is 13.7. The van der Waals surface area contributed by atoms with Crippen LogP contribution in [0.3, 0.4) is 0 Å². The summed E-state index contributed by atoms with van der Waals surface area (Å²) in [6, 6.07) is 2.43. The third-order valence-corrected chi connectivity index (χ3v) is 3.68. The Bertz CT molecular complexity index is 743. The Morgan fingerprint density at radius 1 is 0.920 bits per heavy atom. The average Bonchev–Trinajstić information content (AvgIpc) is 2.44. The molecule has 1 aromatic rings. The van der Waals surface area contributed by atoms with Crippen LogP contribution in [0.25, 0.3) is 6.08 Å². The highest BCUT2D eigenvalue weighted by molar-refractivity contribution is 7.86. The number of ether oxygens (including phenoxy) is 1. The average molecular weight is 400 g/mol. The minimum Gasteiger partial charge on any atom is -0.281 e. The van der Waals surface area contributed by atoms with Crippen LogP contribution in [0.1, 0.15) is 11.1 Å². The van der Waals surface area contributed by atoms with Gasteiger partial charge in [0, 0.05) is 5.56 Å². The Balaban J connectivity index is 3.27. The van der Waals surface area contributed by atoms with Crippen LogP contribution < -0.4 is 0 Å². The van der Waals surface area contributed by atoms with Crippen molar-refractivity contribution < 1.29 is 52.8 Å². The van der Waals surface area contributed by atoms with Gasteiger partial charge in [-0.3, -0.25) is 4.55 Å². The third kappa shape index (κ3) is 3.77. The first-order chi connectivity index (χ1) is 11.0. The van der Waals surface area contributed by atoms with Crippen LogP contribution in [0.5, 0.6) is 0 Å². The molecule has 0 amide bonds. The molecule has 0 unspecified atom stereocenters. The quantitative estimate of drug-likeness (QED) is 0.553. The topological polar surface area (TPSA) is 63.6 Å². The van der Waals surface area contributed by atoms with Gasteiger partial charge in [0.25, 0.3) is 0 Å². The van der Waals surface area contributed by atoms with Gasteiger partial charge in [-0.15, -0.1) is 0 Å². The summed E-state index contributed by atoms with van der Waals surface area (Å²) in [5.41, 5.74) is -1.40. The molecular weight excluding hydrogens is 392 g/mol. The molecule has 4 nitrogen and oxygen atoms in total. The van der Waals surface area contributed by atoms with Gasteiger partial charge in [0.15, 0.2) is 0 Å². The maximum atomic E-state index is 13.7. The molecule has 0 aromatic heterocycles. The lowest BCUT2D eigenvalue weighted by Gasteiger charge is -2.31. The number of benzene rings is 1. The summed E-state index contributed by atoms with van der Waals surface area (Å²) in [6.45, 7) is 3.25. The van der Waals surface area contributed by atoms with Crippen molar-refractivity contribution in [2.45, 2.75) is 23.4 Å². The molecule has 0 heterocycles. The van der Waals surface area contributed by atoms with Crippen LogP contribution in [0.15, 0.2) is 30.8 Å². The molecule has 0 saturated carbocycles. The second-order valence-corrected chi connectivity index (χ2v) is 5.99. The Kier molecular flexibility index (Phi) is 5.30. The van der Waals surface area contributed by atoms with Crippen LogP contribution in [0.4, 0.5) is 35.1 Å². The van der Waals surface area contributed by atoms with E-state index in [4.69, 9.17) is 4.55 Å². The van der Waals surface area contributed by atoms with Gasteiger partial charge in [-0.05, 0) is 5.56 Å². The maximum Gasteiger partial charge on any atom is 0.460 e. The first-order valence-corrected chi connectivity index (χ1v) is 7.35. The first kappa shape index (κ1) is 21.3. The normalized spacial score (nSPS) is 14.4. The minimum absolute atomic E-state index is 0.187. The van der Waals surface area contributed by atoms with Crippen molar-refractivity contribution in [1.82, 2.24) is 0 Å². The Labute approximate surface area is 135 Å². The minimum atomic E-state index is -6.95. The molecule has 0 saturated heterocycles. The van der Waals surface area contributed by atoms with E-state index in [-0.39, 0.29) is 5.56 Å². The van der Waals surface area contributed by atoms with Crippen molar-refractivity contribution in [3.63, 3.8) is 0 Å². The zero-order valence-electron chi connectivity index (χ0n) is 11.7. The predicted molar refractivity (Wildman–Crippen MR) is 67.9 cm³/mol. The Morgan fingerprint density at radius 3 is 1.72 bits per heavy atom. The standard InChI is InChI=1S/C12H8F8O4S/c1-2-7-3-5-8(6-4-7)9(13,14)10(15,16)24-11(17,18)12(19,20)25(21,22)23/h2-6H,1H2,(H,21,22,23). The van der Waals surface area contributed by atoms with Crippen molar-refractivity contribution >= 4 is 16.2 Å². The molecule has 0 bridgehead atoms. The molecular formula is C12H8F8O4S. The van der Waals surface area contributed by atoms with Gasteiger partial charge in [-0.1, -0.05) is 36.9 Å². The number of alkyl halides is 8. The van der Waals surface area contributed by atoms with Gasteiger partial charge in [0.05, 0.1) is 0 Å². The van der Waals surface area contributed by atoms with Crippen molar-refractivity contribution in [3.8, 4) is 0 Å². The van der Waals surface area contributed by atoms with Gasteiger partial charge in [-0.25, -0.2) is 4.74 Å². The van der Waals surface area contributed by atoms with Crippen LogP contribution in [0.2, 0.25) is 0 Å². The van der Waals surface area contributed by atoms with Gasteiger partial charge < -0.3 is 0 Å². The van der Waals surface area contributed by atoms with Crippen LogP contribution >= 0.6 is 0 Å². The van der Waals surface area contributed by atoms with Gasteiger partial charge in [-0.2, -0.15) is 43.5 Å². The molecule has 25 heavy (non-hydrogen) atoms. The highest BCUT2D eigenvalue weighted by Gasteiger charge is 2.74. The van der Waals surface area contributed by atoms with Gasteiger partial charge >= 0.3 is 33.5 Å². The van der Waals surface area contributed by atoms with E-state index in [1.54, 1.807) is 0 Å². The van der Waals surface area contributed by atoms with E-state index in [0.717, 1.165) is 18.2 Å². The number of hydrogen-bond donors (Lipinski definition) is 1. The van der Waals surface area contributed by atoms with Crippen LogP contribution in [0, 0.1) is 0 Å². The molecule has 1 aromatic carbocycles. The second kappa shape index (κ2) is 6.21. The summed E-state index contributed by atoms with van der Waals surface area (Å²) >= 11 is 0. The summed E-state index contributed by atoms with van der Waals surface area (Å²) in [5.74, 6) is -5.55. The highest BCUT2D eigenvalue weighted by atomic mass is 32.2. The molecule has 0 aliphatic heterocycles. The van der Waals surface area contributed by atoms with Crippen LogP contribution in [-0.4, -0.2) is 30.4 Å². The molecule has 0 aliphatic carbocycles. The molecule has 0 radical (unpaired) electrons. The lowest BCUT2D eigenvalue weighted by Crippen LogP contribution is -2.55. The summed E-state index contributed by atoms with van der Waals surface area (Å²) < 4.78 is 136. The first-order valence-electron chi connectivity index (χ1n) is 5.91. The van der Waals surface area contributed by atoms with E-state index in [9.17, 15) is 43.5 Å². The summed E-state index contributed by atoms with van der Waals surface area (Å²) in [6.07, 6.45) is -11.8. The van der Waals surface area contributed by atoms with Gasteiger partial charge in [0.1, 0.15) is 0 Å². The fraction of sp³-hybridized carbons (Fsp3) is 0.333. The van der Waals surface area contributed by atoms with E-state index in [1.807, 2.05) is 0 Å². The van der Waals surface area contributed by atoms with Crippen LogP contribution in [-0.2, 0) is 20.8 Å². The van der Waals surface area contributed by atoms with Crippen molar-refractivity contribution in [3.05, 3.63) is 42.0 Å². The van der Waals surface area contributed by atoms with E-state index in [0.29, 0.717) is 12.1 Å². The van der Waals surface area contributed by atoms with E-state index < -0.39 is 39.1 Å². The molecule has 0 spiro atoms. The largest absolute Gasteiger partial charge is 0.460 e. The molecule has 13 heteroatoms. The summed E-state index contributed by atoms with van der Waals surface area (Å²) in [4.78, 5) is 0. The molecule has 1 N–H and O–H groups in total. The van der Waals surface area contributed by atoms with Crippen molar-refractivity contribution in [2.24, 2.45) is 0 Å².